The second-order valence-corrected chi connectivity index (χ2v) is 9.33. The van der Waals surface area contributed by atoms with Crippen LogP contribution in [-0.2, 0) is 19.1 Å². The van der Waals surface area contributed by atoms with Gasteiger partial charge in [-0.1, -0.05) is 13.0 Å². The molecule has 0 spiro atoms. The van der Waals surface area contributed by atoms with Crippen molar-refractivity contribution in [3.05, 3.63) is 12.7 Å². The largest absolute Gasteiger partial charge is 0.478 e. The second-order valence-electron chi connectivity index (χ2n) is 9.33. The Morgan fingerprint density at radius 1 is 1.16 bits per heavy atom. The first-order chi connectivity index (χ1) is 11.4. The molecule has 0 radical (unpaired) electrons. The fourth-order valence-electron chi connectivity index (χ4n) is 6.06. The Kier molecular flexibility index (Phi) is 3.92. The molecule has 25 heavy (non-hydrogen) atoms. The number of aliphatic carboxylic acids is 1. The summed E-state index contributed by atoms with van der Waals surface area (Å²) >= 11 is 0. The first-order valence-corrected chi connectivity index (χ1v) is 9.18. The highest BCUT2D eigenvalue weighted by Crippen LogP contribution is 2.64. The third-order valence-corrected chi connectivity index (χ3v) is 7.41. The van der Waals surface area contributed by atoms with Crippen LogP contribution in [-0.4, -0.2) is 34.4 Å². The van der Waals surface area contributed by atoms with E-state index in [1.54, 1.807) is 0 Å². The van der Waals surface area contributed by atoms with E-state index in [1.165, 1.54) is 0 Å². The fourth-order valence-corrected chi connectivity index (χ4v) is 6.06. The van der Waals surface area contributed by atoms with Gasteiger partial charge in [-0.3, -0.25) is 4.79 Å². The van der Waals surface area contributed by atoms with Gasteiger partial charge >= 0.3 is 11.9 Å². The minimum absolute atomic E-state index is 0.0141. The summed E-state index contributed by atoms with van der Waals surface area (Å²) in [5, 5.41) is 9.82. The van der Waals surface area contributed by atoms with Gasteiger partial charge in [-0.15, -0.1) is 6.58 Å². The van der Waals surface area contributed by atoms with Crippen molar-refractivity contribution < 1.29 is 24.2 Å². The normalized spacial score (nSPS) is 48.7. The number of rotatable bonds is 2. The van der Waals surface area contributed by atoms with E-state index in [1.807, 2.05) is 33.8 Å². The first kappa shape index (κ1) is 18.4. The lowest BCUT2D eigenvalue weighted by molar-refractivity contribution is -0.281. The van der Waals surface area contributed by atoms with Crippen LogP contribution in [0.3, 0.4) is 0 Å². The van der Waals surface area contributed by atoms with Gasteiger partial charge in [0.1, 0.15) is 0 Å². The van der Waals surface area contributed by atoms with E-state index in [9.17, 15) is 14.7 Å². The number of carbonyl (C=O) groups is 2. The van der Waals surface area contributed by atoms with Crippen LogP contribution >= 0.6 is 0 Å². The lowest BCUT2D eigenvalue weighted by Gasteiger charge is -2.65. The Hall–Kier alpha value is -1.36. The monoisotopic (exact) mass is 350 g/mol. The predicted molar refractivity (Wildman–Crippen MR) is 92.9 cm³/mol. The quantitative estimate of drug-likeness (QED) is 0.609. The molecule has 0 unspecified atom stereocenters. The maximum absolute atomic E-state index is 12.5. The standard InChI is InChI=1S/C20H30O5/c1-7-18(4)10-8-13-19(5,25-18)11-9-12-17(2,3)16(23)24-14(15(21)22)20(12,13)6/h7,12-14H,1,8-11H2,2-6H3,(H,21,22)/t12-,13-,14-,18+,19+,20-/m1/s1. The average Bonchev–Trinajstić information content (AvgIpc) is 2.49. The molecule has 1 N–H and O–H groups in total. The summed E-state index contributed by atoms with van der Waals surface area (Å²) in [7, 11) is 0. The highest BCUT2D eigenvalue weighted by molar-refractivity contribution is 5.84. The summed E-state index contributed by atoms with van der Waals surface area (Å²) < 4.78 is 12.0. The van der Waals surface area contributed by atoms with E-state index < -0.39 is 40.1 Å². The van der Waals surface area contributed by atoms with E-state index >= 15 is 0 Å². The van der Waals surface area contributed by atoms with E-state index in [4.69, 9.17) is 9.47 Å². The van der Waals surface area contributed by atoms with Crippen molar-refractivity contribution in [2.75, 3.05) is 0 Å². The molecule has 2 aliphatic heterocycles. The number of cyclic esters (lactones) is 1. The molecule has 5 nitrogen and oxygen atoms in total. The molecule has 1 aliphatic carbocycles. The van der Waals surface area contributed by atoms with Crippen molar-refractivity contribution in [2.24, 2.45) is 22.7 Å². The zero-order valence-electron chi connectivity index (χ0n) is 15.9. The number of carbonyl (C=O) groups excluding carboxylic acids is 1. The van der Waals surface area contributed by atoms with Gasteiger partial charge in [0.25, 0.3) is 0 Å². The first-order valence-electron chi connectivity index (χ1n) is 9.18. The number of esters is 1. The van der Waals surface area contributed by atoms with E-state index in [2.05, 4.69) is 13.5 Å². The number of hydrogen-bond acceptors (Lipinski definition) is 4. The van der Waals surface area contributed by atoms with Crippen molar-refractivity contribution in [2.45, 2.75) is 77.6 Å². The molecular weight excluding hydrogens is 320 g/mol. The summed E-state index contributed by atoms with van der Waals surface area (Å²) in [5.74, 6) is -1.49. The van der Waals surface area contributed by atoms with Crippen LogP contribution in [0.25, 0.3) is 0 Å². The van der Waals surface area contributed by atoms with Gasteiger partial charge in [-0.25, -0.2) is 4.79 Å². The summed E-state index contributed by atoms with van der Waals surface area (Å²) in [6, 6.07) is 0. The minimum Gasteiger partial charge on any atom is -0.478 e. The van der Waals surface area contributed by atoms with Gasteiger partial charge in [0.2, 0.25) is 6.10 Å². The maximum Gasteiger partial charge on any atom is 0.345 e. The van der Waals surface area contributed by atoms with E-state index in [0.29, 0.717) is 0 Å². The molecule has 3 aliphatic rings. The number of ether oxygens (including phenoxy) is 2. The minimum atomic E-state index is -1.13. The van der Waals surface area contributed by atoms with Crippen LogP contribution in [0.15, 0.2) is 12.7 Å². The molecule has 1 saturated carbocycles. The molecule has 0 aromatic carbocycles. The molecule has 2 heterocycles. The summed E-state index contributed by atoms with van der Waals surface area (Å²) in [6.07, 6.45) is 3.91. The van der Waals surface area contributed by atoms with Crippen molar-refractivity contribution >= 4 is 11.9 Å². The Labute approximate surface area is 149 Å². The molecule has 3 fully saturated rings. The molecule has 140 valence electrons. The van der Waals surface area contributed by atoms with Gasteiger partial charge in [-0.2, -0.15) is 0 Å². The average molecular weight is 350 g/mol. The molecule has 0 amide bonds. The zero-order valence-corrected chi connectivity index (χ0v) is 15.9. The number of carboxylic acid groups (broad SMARTS) is 1. The van der Waals surface area contributed by atoms with Crippen LogP contribution in [0.2, 0.25) is 0 Å². The van der Waals surface area contributed by atoms with Crippen molar-refractivity contribution in [1.29, 1.82) is 0 Å². The van der Waals surface area contributed by atoms with Crippen LogP contribution in [0.5, 0.6) is 0 Å². The van der Waals surface area contributed by atoms with Gasteiger partial charge in [0, 0.05) is 5.41 Å². The van der Waals surface area contributed by atoms with Crippen LogP contribution in [0.1, 0.15) is 60.3 Å². The molecule has 0 aromatic rings. The Morgan fingerprint density at radius 2 is 1.76 bits per heavy atom. The van der Waals surface area contributed by atoms with Crippen molar-refractivity contribution in [1.82, 2.24) is 0 Å². The highest BCUT2D eigenvalue weighted by atomic mass is 16.6. The van der Waals surface area contributed by atoms with Crippen molar-refractivity contribution in [3.8, 4) is 0 Å². The van der Waals surface area contributed by atoms with E-state index in [0.717, 1.165) is 25.7 Å². The van der Waals surface area contributed by atoms with Crippen LogP contribution < -0.4 is 0 Å². The summed E-state index contributed by atoms with van der Waals surface area (Å²) in [4.78, 5) is 24.5. The Morgan fingerprint density at radius 3 is 2.32 bits per heavy atom. The van der Waals surface area contributed by atoms with Crippen LogP contribution in [0, 0.1) is 22.7 Å². The smallest absolute Gasteiger partial charge is 0.345 e. The maximum atomic E-state index is 12.5. The zero-order chi connectivity index (χ0) is 18.8. The second kappa shape index (κ2) is 5.32. The molecule has 5 heteroatoms. The highest BCUT2D eigenvalue weighted by Gasteiger charge is 2.69. The Balaban J connectivity index is 2.09. The summed E-state index contributed by atoms with van der Waals surface area (Å²) in [6.45, 7) is 13.8. The summed E-state index contributed by atoms with van der Waals surface area (Å²) in [5.41, 5.74) is -2.19. The lowest BCUT2D eigenvalue weighted by Crippen LogP contribution is -2.69. The third kappa shape index (κ3) is 2.38. The molecule has 0 bridgehead atoms. The van der Waals surface area contributed by atoms with Gasteiger partial charge in [0.15, 0.2) is 0 Å². The molecular formula is C20H30O5. The molecule has 0 aromatic heterocycles. The molecule has 2 saturated heterocycles. The third-order valence-electron chi connectivity index (χ3n) is 7.41. The van der Waals surface area contributed by atoms with E-state index in [-0.39, 0.29) is 11.8 Å². The van der Waals surface area contributed by atoms with Gasteiger partial charge < -0.3 is 14.6 Å². The number of fused-ring (bicyclic) bond motifs is 3. The van der Waals surface area contributed by atoms with Crippen molar-refractivity contribution in [3.63, 3.8) is 0 Å². The van der Waals surface area contributed by atoms with Gasteiger partial charge in [0.05, 0.1) is 16.6 Å². The number of carboxylic acids is 1. The van der Waals surface area contributed by atoms with Gasteiger partial charge in [-0.05, 0) is 65.2 Å². The Bertz CT molecular complexity index is 626. The lowest BCUT2D eigenvalue weighted by atomic mass is 9.45. The molecule has 6 atom stereocenters. The SMILES string of the molecule is C=C[C@@]1(C)CC[C@H]2[C@]3(C)[C@@H](C(=O)O)OC(=O)C(C)(C)[C@H]3CC[C@]2(C)O1. The van der Waals surface area contributed by atoms with Crippen LogP contribution in [0.4, 0.5) is 0 Å². The predicted octanol–water partition coefficient (Wildman–Crippen LogP) is 3.57. The fraction of sp³-hybridized carbons (Fsp3) is 0.800. The topological polar surface area (TPSA) is 72.8 Å². The number of hydrogen-bond donors (Lipinski definition) is 1. The molecule has 3 rings (SSSR count).